The van der Waals surface area contributed by atoms with Gasteiger partial charge in [0.05, 0.1) is 17.1 Å². The van der Waals surface area contributed by atoms with E-state index < -0.39 is 0 Å². The molecule has 0 unspecified atom stereocenters. The van der Waals surface area contributed by atoms with E-state index in [0.717, 1.165) is 44.0 Å². The van der Waals surface area contributed by atoms with E-state index in [1.807, 2.05) is 25.1 Å². The van der Waals surface area contributed by atoms with Crippen LogP contribution in [0.1, 0.15) is 51.8 Å². The molecule has 0 fully saturated rings. The third-order valence-corrected chi connectivity index (χ3v) is 6.91. The number of nitrogens with one attached hydrogen (secondary N) is 2. The molecule has 40 heavy (non-hydrogen) atoms. The normalized spacial score (nSPS) is 13.2. The van der Waals surface area contributed by atoms with Crippen molar-refractivity contribution < 1.29 is 9.18 Å². The zero-order chi connectivity index (χ0) is 29.1. The van der Waals surface area contributed by atoms with Crippen LogP contribution in [0.15, 0.2) is 73.3 Å². The van der Waals surface area contributed by atoms with Gasteiger partial charge in [-0.1, -0.05) is 39.2 Å². The maximum atomic E-state index is 13.9. The van der Waals surface area contributed by atoms with Crippen molar-refractivity contribution in [3.8, 4) is 0 Å². The fraction of sp³-hybridized carbons (Fsp3) is 0.344. The Hall–Kier alpha value is -4.04. The van der Waals surface area contributed by atoms with E-state index in [-0.39, 0.29) is 11.7 Å². The van der Waals surface area contributed by atoms with Crippen LogP contribution in [-0.4, -0.2) is 53.5 Å². The highest BCUT2D eigenvalue weighted by atomic mass is 19.1. The second-order valence-corrected chi connectivity index (χ2v) is 9.43. The number of allylic oxidation sites excluding steroid dienone is 6. The van der Waals surface area contributed by atoms with E-state index >= 15 is 0 Å². The van der Waals surface area contributed by atoms with Crippen LogP contribution >= 0.6 is 0 Å². The third-order valence-electron chi connectivity index (χ3n) is 6.91. The zero-order valence-electron chi connectivity index (χ0n) is 24.1. The van der Waals surface area contributed by atoms with Crippen LogP contribution in [-0.2, 0) is 4.79 Å². The molecular weight excluding hydrogens is 503 g/mol. The first-order valence-corrected chi connectivity index (χ1v) is 13.9. The van der Waals surface area contributed by atoms with Crippen molar-refractivity contribution in [2.75, 3.05) is 48.3 Å². The zero-order valence-corrected chi connectivity index (χ0v) is 24.1. The van der Waals surface area contributed by atoms with Gasteiger partial charge in [0, 0.05) is 37.1 Å². The van der Waals surface area contributed by atoms with Gasteiger partial charge in [0.15, 0.2) is 0 Å². The fourth-order valence-electron chi connectivity index (χ4n) is 4.59. The molecule has 1 aliphatic rings. The van der Waals surface area contributed by atoms with E-state index in [4.69, 9.17) is 4.98 Å². The minimum Gasteiger partial charge on any atom is -0.369 e. The van der Waals surface area contributed by atoms with Crippen molar-refractivity contribution in [2.24, 2.45) is 0 Å². The van der Waals surface area contributed by atoms with E-state index in [2.05, 4.69) is 59.3 Å². The molecule has 1 heterocycles. The largest absolute Gasteiger partial charge is 0.369 e. The van der Waals surface area contributed by atoms with Crippen molar-refractivity contribution in [3.05, 3.63) is 84.5 Å². The highest BCUT2D eigenvalue weighted by Gasteiger charge is 2.17. The Labute approximate surface area is 237 Å². The molecule has 7 nitrogen and oxygen atoms in total. The summed E-state index contributed by atoms with van der Waals surface area (Å²) in [6, 6.07) is 5.84. The number of carbonyl (C=O) groups is 1. The van der Waals surface area contributed by atoms with E-state index in [0.29, 0.717) is 47.0 Å². The monoisotopic (exact) mass is 544 g/mol. The number of hydrogen-bond acceptors (Lipinski definition) is 6. The van der Waals surface area contributed by atoms with E-state index in [1.165, 1.54) is 12.2 Å². The lowest BCUT2D eigenvalue weighted by Gasteiger charge is -2.29. The van der Waals surface area contributed by atoms with Gasteiger partial charge in [-0.15, -0.1) is 0 Å². The molecule has 1 aromatic carbocycles. The number of halogens is 1. The molecule has 0 spiro atoms. The first-order chi connectivity index (χ1) is 19.3. The molecular formula is C32H41FN6O. The van der Waals surface area contributed by atoms with Crippen molar-refractivity contribution in [2.45, 2.75) is 40.5 Å². The summed E-state index contributed by atoms with van der Waals surface area (Å²) in [4.78, 5) is 26.3. The quantitative estimate of drug-likeness (QED) is 0.247. The third kappa shape index (κ3) is 7.99. The lowest BCUT2D eigenvalue weighted by Crippen LogP contribution is -2.35. The molecule has 0 aliphatic heterocycles. The van der Waals surface area contributed by atoms with Crippen LogP contribution in [0.4, 0.5) is 27.4 Å². The number of anilines is 4. The van der Waals surface area contributed by atoms with Gasteiger partial charge in [-0.3, -0.25) is 4.79 Å². The summed E-state index contributed by atoms with van der Waals surface area (Å²) in [5.41, 5.74) is 5.10. The summed E-state index contributed by atoms with van der Waals surface area (Å²) in [5.74, 6) is -0.102. The van der Waals surface area contributed by atoms with Gasteiger partial charge in [0.25, 0.3) is 0 Å². The molecule has 0 saturated carbocycles. The summed E-state index contributed by atoms with van der Waals surface area (Å²) in [7, 11) is 0. The predicted octanol–water partition coefficient (Wildman–Crippen LogP) is 7.13. The molecule has 1 amide bonds. The molecule has 0 bridgehead atoms. The van der Waals surface area contributed by atoms with Crippen LogP contribution < -0.4 is 15.5 Å². The van der Waals surface area contributed by atoms with Crippen LogP contribution in [0.2, 0.25) is 0 Å². The first-order valence-electron chi connectivity index (χ1n) is 13.9. The Bertz CT molecular complexity index is 1310. The number of benzene rings is 1. The van der Waals surface area contributed by atoms with Crippen LogP contribution in [0.3, 0.4) is 0 Å². The summed E-state index contributed by atoms with van der Waals surface area (Å²) in [6.07, 6.45) is 10.9. The number of nitrogens with zero attached hydrogens (tertiary/aromatic N) is 4. The number of amides is 1. The molecule has 1 aliphatic carbocycles. The van der Waals surface area contributed by atoms with Crippen molar-refractivity contribution in [1.82, 2.24) is 14.9 Å². The van der Waals surface area contributed by atoms with Gasteiger partial charge in [-0.05, 0) is 87.4 Å². The number of rotatable bonds is 14. The molecule has 0 radical (unpaired) electrons. The van der Waals surface area contributed by atoms with Gasteiger partial charge < -0.3 is 20.4 Å². The number of likely N-dealkylation sites (N-methyl/N-ethyl adjacent to an activating group) is 2. The molecule has 2 aromatic rings. The Morgan fingerprint density at radius 2 is 1.95 bits per heavy atom. The first kappa shape index (κ1) is 30.5. The Morgan fingerprint density at radius 3 is 2.60 bits per heavy atom. The minimum absolute atomic E-state index is 0.201. The summed E-state index contributed by atoms with van der Waals surface area (Å²) in [5, 5.41) is 6.29. The molecule has 3 rings (SSSR count). The second-order valence-electron chi connectivity index (χ2n) is 9.43. The molecule has 0 saturated heterocycles. The molecule has 212 valence electrons. The van der Waals surface area contributed by atoms with Gasteiger partial charge in [0.2, 0.25) is 11.9 Å². The SMILES string of the molecule is C=Cc1cnc(Nc2ccc(N(CC)CCN(CC)CC)c(NC(=O)/C=C\C)c2)nc1C(=C)C1=CC(F)=CCC1. The second kappa shape index (κ2) is 14.9. The lowest BCUT2D eigenvalue weighted by atomic mass is 9.94. The highest BCUT2D eigenvalue weighted by molar-refractivity contribution is 6.02. The maximum Gasteiger partial charge on any atom is 0.248 e. The number of carbonyl (C=O) groups excluding carboxylic acids is 1. The Kier molecular flexibility index (Phi) is 11.4. The molecule has 2 N–H and O–H groups in total. The van der Waals surface area contributed by atoms with Crippen molar-refractivity contribution in [3.63, 3.8) is 0 Å². The minimum atomic E-state index is -0.263. The summed E-state index contributed by atoms with van der Waals surface area (Å²) >= 11 is 0. The fourth-order valence-corrected chi connectivity index (χ4v) is 4.59. The lowest BCUT2D eigenvalue weighted by molar-refractivity contribution is -0.111. The average Bonchev–Trinajstić information content (AvgIpc) is 2.96. The number of hydrogen-bond donors (Lipinski definition) is 2. The standard InChI is InChI=1S/C32H41FN6O/c1-7-13-30(40)36-28-21-27(16-17-29(28)39(11-5)19-18-38(9-3)10-4)35-32-34-22-24(8-2)31(37-32)23(6)25-14-12-15-26(33)20-25/h7-8,13,15-17,20-22H,2,6,9-12,14,18-19H2,1,3-5H3,(H,36,40)(H,34,35,37)/b13-7-. The van der Waals surface area contributed by atoms with Crippen molar-refractivity contribution >= 4 is 40.6 Å². The van der Waals surface area contributed by atoms with Crippen LogP contribution in [0, 0.1) is 0 Å². The van der Waals surface area contributed by atoms with Crippen molar-refractivity contribution in [1.29, 1.82) is 0 Å². The smallest absolute Gasteiger partial charge is 0.248 e. The predicted molar refractivity (Wildman–Crippen MR) is 167 cm³/mol. The van der Waals surface area contributed by atoms with Crippen LogP contribution in [0.25, 0.3) is 11.6 Å². The molecule has 1 aromatic heterocycles. The van der Waals surface area contributed by atoms with E-state index in [1.54, 1.807) is 24.4 Å². The summed E-state index contributed by atoms with van der Waals surface area (Å²) < 4.78 is 13.9. The van der Waals surface area contributed by atoms with Gasteiger partial charge in [-0.2, -0.15) is 0 Å². The Morgan fingerprint density at radius 1 is 1.18 bits per heavy atom. The summed E-state index contributed by atoms with van der Waals surface area (Å²) in [6.45, 7) is 20.8. The highest BCUT2D eigenvalue weighted by Crippen LogP contribution is 2.33. The molecule has 0 atom stereocenters. The topological polar surface area (TPSA) is 73.4 Å². The van der Waals surface area contributed by atoms with Gasteiger partial charge in [-0.25, -0.2) is 14.4 Å². The van der Waals surface area contributed by atoms with Gasteiger partial charge in [0.1, 0.15) is 5.83 Å². The number of aromatic nitrogens is 2. The maximum absolute atomic E-state index is 13.9. The molecule has 8 heteroatoms. The average molecular weight is 545 g/mol. The van der Waals surface area contributed by atoms with Gasteiger partial charge >= 0.3 is 0 Å². The Balaban J connectivity index is 1.93. The van der Waals surface area contributed by atoms with Crippen LogP contribution in [0.5, 0.6) is 0 Å². The van der Waals surface area contributed by atoms with E-state index in [9.17, 15) is 9.18 Å².